The molecule has 1 heterocycles. The Morgan fingerprint density at radius 2 is 2.00 bits per heavy atom. The van der Waals surface area contributed by atoms with Crippen LogP contribution in [0.25, 0.3) is 0 Å². The van der Waals surface area contributed by atoms with Gasteiger partial charge in [0, 0.05) is 32.7 Å². The Balaban J connectivity index is 2.57. The largest absolute Gasteiger partial charge is 0.381 e. The lowest BCUT2D eigenvalue weighted by Crippen LogP contribution is -2.48. The van der Waals surface area contributed by atoms with Gasteiger partial charge in [0.25, 0.3) is 0 Å². The second-order valence-electron chi connectivity index (χ2n) is 4.32. The molecule has 0 amide bonds. The minimum absolute atomic E-state index is 0.0475. The van der Waals surface area contributed by atoms with Crippen molar-refractivity contribution in [3.05, 3.63) is 0 Å². The van der Waals surface area contributed by atoms with Gasteiger partial charge in [-0.15, -0.1) is 0 Å². The number of carbonyl (C=O) groups is 1. The van der Waals surface area contributed by atoms with E-state index in [4.69, 9.17) is 14.2 Å². The number of hydrogen-bond donors (Lipinski definition) is 0. The average molecular weight is 230 g/mol. The molecular formula is C12H22O4. The molecule has 4 nitrogen and oxygen atoms in total. The van der Waals surface area contributed by atoms with Crippen LogP contribution in [0.5, 0.6) is 0 Å². The molecule has 1 fully saturated rings. The van der Waals surface area contributed by atoms with E-state index in [-0.39, 0.29) is 18.5 Å². The molecule has 1 saturated heterocycles. The van der Waals surface area contributed by atoms with Crippen molar-refractivity contribution in [1.29, 1.82) is 0 Å². The molecule has 0 aliphatic carbocycles. The van der Waals surface area contributed by atoms with Gasteiger partial charge in [-0.05, 0) is 20.8 Å². The van der Waals surface area contributed by atoms with Crippen molar-refractivity contribution < 1.29 is 19.0 Å². The third-order valence-corrected chi connectivity index (χ3v) is 2.78. The summed E-state index contributed by atoms with van der Waals surface area (Å²) in [5.41, 5.74) is -0.665. The normalized spacial score (nSPS) is 20.0. The van der Waals surface area contributed by atoms with Crippen molar-refractivity contribution in [1.82, 2.24) is 0 Å². The van der Waals surface area contributed by atoms with Gasteiger partial charge in [-0.2, -0.15) is 0 Å². The Hall–Kier alpha value is -0.450. The van der Waals surface area contributed by atoms with Crippen LogP contribution in [0.3, 0.4) is 0 Å². The van der Waals surface area contributed by atoms with Crippen LogP contribution in [-0.2, 0) is 19.0 Å². The van der Waals surface area contributed by atoms with Crippen LogP contribution in [0.2, 0.25) is 0 Å². The molecule has 0 radical (unpaired) electrons. The van der Waals surface area contributed by atoms with Crippen LogP contribution < -0.4 is 0 Å². The van der Waals surface area contributed by atoms with Crippen molar-refractivity contribution in [2.24, 2.45) is 0 Å². The van der Waals surface area contributed by atoms with Gasteiger partial charge >= 0.3 is 0 Å². The van der Waals surface area contributed by atoms with Crippen LogP contribution in [0.1, 0.15) is 33.6 Å². The summed E-state index contributed by atoms with van der Waals surface area (Å²) in [5, 5.41) is 0. The molecule has 0 saturated carbocycles. The third kappa shape index (κ3) is 3.54. The highest BCUT2D eigenvalue weighted by atomic mass is 16.5. The van der Waals surface area contributed by atoms with E-state index in [2.05, 4.69) is 0 Å². The highest BCUT2D eigenvalue weighted by molar-refractivity contribution is 5.88. The molecule has 1 aliphatic rings. The zero-order valence-corrected chi connectivity index (χ0v) is 10.5. The van der Waals surface area contributed by atoms with Crippen molar-refractivity contribution in [2.75, 3.05) is 26.4 Å². The molecule has 16 heavy (non-hydrogen) atoms. The monoisotopic (exact) mass is 230 g/mol. The topological polar surface area (TPSA) is 44.8 Å². The Morgan fingerprint density at radius 3 is 2.50 bits per heavy atom. The summed E-state index contributed by atoms with van der Waals surface area (Å²) in [6, 6.07) is 0. The van der Waals surface area contributed by atoms with Crippen LogP contribution in [0.4, 0.5) is 0 Å². The van der Waals surface area contributed by atoms with E-state index >= 15 is 0 Å². The lowest BCUT2D eigenvalue weighted by atomic mass is 9.89. The van der Waals surface area contributed by atoms with Crippen LogP contribution in [0.15, 0.2) is 0 Å². The van der Waals surface area contributed by atoms with E-state index in [0.29, 0.717) is 32.7 Å². The summed E-state index contributed by atoms with van der Waals surface area (Å²) in [7, 11) is 0. The number of ether oxygens (including phenoxy) is 3. The molecular weight excluding hydrogens is 208 g/mol. The lowest BCUT2D eigenvalue weighted by Gasteiger charge is -2.35. The SMILES string of the molecule is CCOC1(C(=O)COC(C)C)CCOCC1. The molecule has 1 rings (SSSR count). The summed E-state index contributed by atoms with van der Waals surface area (Å²) in [6.45, 7) is 7.62. The predicted octanol–water partition coefficient (Wildman–Crippen LogP) is 1.57. The molecule has 0 spiro atoms. The van der Waals surface area contributed by atoms with Crippen LogP contribution in [0, 0.1) is 0 Å². The second-order valence-corrected chi connectivity index (χ2v) is 4.32. The van der Waals surface area contributed by atoms with E-state index in [1.54, 1.807) is 0 Å². The van der Waals surface area contributed by atoms with E-state index < -0.39 is 5.60 Å². The number of Topliss-reactive ketones (excluding diaryl/α,β-unsaturated/α-hetero) is 1. The highest BCUT2D eigenvalue weighted by Gasteiger charge is 2.40. The molecule has 1 aliphatic heterocycles. The van der Waals surface area contributed by atoms with E-state index in [9.17, 15) is 4.79 Å². The Labute approximate surface area is 97.2 Å². The number of hydrogen-bond acceptors (Lipinski definition) is 4. The predicted molar refractivity (Wildman–Crippen MR) is 60.5 cm³/mol. The van der Waals surface area contributed by atoms with E-state index in [1.807, 2.05) is 20.8 Å². The molecule has 0 unspecified atom stereocenters. The molecule has 4 heteroatoms. The summed E-state index contributed by atoms with van der Waals surface area (Å²) in [6.07, 6.45) is 1.35. The van der Waals surface area contributed by atoms with Crippen molar-refractivity contribution >= 4 is 5.78 Å². The van der Waals surface area contributed by atoms with Gasteiger partial charge in [0.05, 0.1) is 6.10 Å². The van der Waals surface area contributed by atoms with E-state index in [1.165, 1.54) is 0 Å². The van der Waals surface area contributed by atoms with Crippen LogP contribution >= 0.6 is 0 Å². The Morgan fingerprint density at radius 1 is 1.38 bits per heavy atom. The van der Waals surface area contributed by atoms with Gasteiger partial charge in [-0.25, -0.2) is 0 Å². The maximum atomic E-state index is 12.1. The quantitative estimate of drug-likeness (QED) is 0.694. The fraction of sp³-hybridized carbons (Fsp3) is 0.917. The first-order chi connectivity index (χ1) is 7.60. The molecule has 0 aromatic carbocycles. The molecule has 94 valence electrons. The highest BCUT2D eigenvalue weighted by Crippen LogP contribution is 2.26. The minimum atomic E-state index is -0.665. The Bertz CT molecular complexity index is 214. The maximum absolute atomic E-state index is 12.1. The summed E-state index contributed by atoms with van der Waals surface area (Å²) in [4.78, 5) is 12.1. The zero-order valence-electron chi connectivity index (χ0n) is 10.5. The fourth-order valence-electron chi connectivity index (χ4n) is 1.85. The van der Waals surface area contributed by atoms with Gasteiger partial charge in [0.1, 0.15) is 12.2 Å². The Kier molecular flexibility index (Phi) is 5.38. The number of carbonyl (C=O) groups excluding carboxylic acids is 1. The van der Waals surface area contributed by atoms with Gasteiger partial charge in [0.15, 0.2) is 5.78 Å². The van der Waals surface area contributed by atoms with Crippen LogP contribution in [-0.4, -0.2) is 43.9 Å². The maximum Gasteiger partial charge on any atom is 0.190 e. The summed E-state index contributed by atoms with van der Waals surface area (Å²) < 4.78 is 16.3. The van der Waals surface area contributed by atoms with Crippen molar-refractivity contribution in [3.63, 3.8) is 0 Å². The smallest absolute Gasteiger partial charge is 0.190 e. The fourth-order valence-corrected chi connectivity index (χ4v) is 1.85. The molecule has 0 aromatic rings. The van der Waals surface area contributed by atoms with Gasteiger partial charge in [0.2, 0.25) is 0 Å². The lowest BCUT2D eigenvalue weighted by molar-refractivity contribution is -0.163. The van der Waals surface area contributed by atoms with E-state index in [0.717, 1.165) is 0 Å². The number of ketones is 1. The molecule has 0 N–H and O–H groups in total. The summed E-state index contributed by atoms with van der Waals surface area (Å²) >= 11 is 0. The van der Waals surface area contributed by atoms with Gasteiger partial charge in [-0.3, -0.25) is 4.79 Å². The van der Waals surface area contributed by atoms with Crippen molar-refractivity contribution in [2.45, 2.75) is 45.3 Å². The number of rotatable bonds is 6. The van der Waals surface area contributed by atoms with Crippen molar-refractivity contribution in [3.8, 4) is 0 Å². The second kappa shape index (κ2) is 6.33. The third-order valence-electron chi connectivity index (χ3n) is 2.78. The first-order valence-corrected chi connectivity index (χ1v) is 5.97. The molecule has 0 atom stereocenters. The van der Waals surface area contributed by atoms with Gasteiger partial charge in [-0.1, -0.05) is 0 Å². The standard InChI is InChI=1S/C12H22O4/c1-4-16-12(5-7-14-8-6-12)11(13)9-15-10(2)3/h10H,4-9H2,1-3H3. The van der Waals surface area contributed by atoms with Gasteiger partial charge < -0.3 is 14.2 Å². The molecule has 0 bridgehead atoms. The first kappa shape index (κ1) is 13.6. The average Bonchev–Trinajstić information content (AvgIpc) is 2.27. The minimum Gasteiger partial charge on any atom is -0.381 e. The first-order valence-electron chi connectivity index (χ1n) is 5.97. The summed E-state index contributed by atoms with van der Waals surface area (Å²) in [5.74, 6) is 0.0475. The molecule has 0 aromatic heterocycles. The zero-order chi connectivity index (χ0) is 12.0.